The number of carbonyl (C=O) groups is 1. The van der Waals surface area contributed by atoms with Crippen LogP contribution >= 0.6 is 0 Å². The minimum atomic E-state index is -0.0517. The lowest BCUT2D eigenvalue weighted by atomic mass is 9.53. The van der Waals surface area contributed by atoms with Gasteiger partial charge in [-0.25, -0.2) is 0 Å². The maximum atomic E-state index is 12.4. The molecule has 2 fully saturated rings. The number of rotatable bonds is 0. The van der Waals surface area contributed by atoms with Gasteiger partial charge in [-0.05, 0) is 72.6 Å². The molecule has 0 amide bonds. The van der Waals surface area contributed by atoms with Crippen LogP contribution < -0.4 is 0 Å². The van der Waals surface area contributed by atoms with E-state index >= 15 is 0 Å². The van der Waals surface area contributed by atoms with E-state index in [1.165, 1.54) is 11.1 Å². The summed E-state index contributed by atoms with van der Waals surface area (Å²) in [6, 6.07) is 5.92. The van der Waals surface area contributed by atoms with Crippen molar-refractivity contribution in [3.63, 3.8) is 0 Å². The standard InChI is InChI=1S/C19H24O2/c1-11-9-12-10-13(20)3-4-14(12)15-7-8-19(2)16(18(11)15)5-6-17(19)21/h3-4,10-11,15-16,18,20H,5-9H2,1-2H3/t11?,15-,16+,18-,19+/m0/s1. The second kappa shape index (κ2) is 4.34. The zero-order chi connectivity index (χ0) is 14.8. The number of hydrogen-bond donors (Lipinski definition) is 1. The molecule has 21 heavy (non-hydrogen) atoms. The predicted molar refractivity (Wildman–Crippen MR) is 82.3 cm³/mol. The summed E-state index contributed by atoms with van der Waals surface area (Å²) in [6.07, 6.45) is 5.11. The molecule has 0 aromatic heterocycles. The number of benzene rings is 1. The molecule has 0 radical (unpaired) electrons. The molecular formula is C19H24O2. The molecule has 0 saturated heterocycles. The van der Waals surface area contributed by atoms with E-state index in [1.54, 1.807) is 0 Å². The topological polar surface area (TPSA) is 37.3 Å². The van der Waals surface area contributed by atoms with Crippen LogP contribution in [0, 0.1) is 23.2 Å². The Labute approximate surface area is 126 Å². The van der Waals surface area contributed by atoms with Gasteiger partial charge in [-0.2, -0.15) is 0 Å². The van der Waals surface area contributed by atoms with E-state index in [9.17, 15) is 9.90 Å². The molecule has 1 aromatic carbocycles. The van der Waals surface area contributed by atoms with Crippen molar-refractivity contribution in [3.05, 3.63) is 29.3 Å². The smallest absolute Gasteiger partial charge is 0.139 e. The fraction of sp³-hybridized carbons (Fsp3) is 0.632. The number of phenols is 1. The average Bonchev–Trinajstić information content (AvgIpc) is 2.74. The monoisotopic (exact) mass is 284 g/mol. The van der Waals surface area contributed by atoms with E-state index in [1.807, 2.05) is 12.1 Å². The number of Topliss-reactive ketones (excluding diaryl/α,β-unsaturated/α-hetero) is 1. The van der Waals surface area contributed by atoms with Crippen LogP contribution in [0.2, 0.25) is 0 Å². The highest BCUT2D eigenvalue weighted by Crippen LogP contribution is 2.60. The van der Waals surface area contributed by atoms with Gasteiger partial charge in [-0.3, -0.25) is 4.79 Å². The fourth-order valence-electron chi connectivity index (χ4n) is 5.74. The van der Waals surface area contributed by atoms with Crippen molar-refractivity contribution in [1.29, 1.82) is 0 Å². The van der Waals surface area contributed by atoms with E-state index in [2.05, 4.69) is 19.9 Å². The normalized spacial score (nSPS) is 41.3. The lowest BCUT2D eigenvalue weighted by Gasteiger charge is -2.51. The first kappa shape index (κ1) is 13.4. The van der Waals surface area contributed by atoms with Gasteiger partial charge in [0.2, 0.25) is 0 Å². The summed E-state index contributed by atoms with van der Waals surface area (Å²) in [6.45, 7) is 4.57. The molecule has 4 rings (SSSR count). The van der Waals surface area contributed by atoms with Crippen LogP contribution in [0.4, 0.5) is 0 Å². The summed E-state index contributed by atoms with van der Waals surface area (Å²) < 4.78 is 0. The van der Waals surface area contributed by atoms with Crippen LogP contribution in [0.3, 0.4) is 0 Å². The first-order valence-electron chi connectivity index (χ1n) is 8.36. The van der Waals surface area contributed by atoms with Crippen molar-refractivity contribution < 1.29 is 9.90 Å². The maximum Gasteiger partial charge on any atom is 0.139 e. The Hall–Kier alpha value is -1.31. The van der Waals surface area contributed by atoms with Crippen molar-refractivity contribution in [2.45, 2.75) is 51.9 Å². The van der Waals surface area contributed by atoms with Crippen molar-refractivity contribution in [2.75, 3.05) is 0 Å². The first-order chi connectivity index (χ1) is 10.0. The third-order valence-corrected chi connectivity index (χ3v) is 6.77. The van der Waals surface area contributed by atoms with Crippen LogP contribution in [-0.4, -0.2) is 10.9 Å². The molecular weight excluding hydrogens is 260 g/mol. The van der Waals surface area contributed by atoms with Crippen LogP contribution in [0.25, 0.3) is 0 Å². The van der Waals surface area contributed by atoms with Crippen LogP contribution in [0.1, 0.15) is 56.6 Å². The molecule has 0 bridgehead atoms. The largest absolute Gasteiger partial charge is 0.508 e. The molecule has 112 valence electrons. The van der Waals surface area contributed by atoms with Gasteiger partial charge < -0.3 is 5.11 Å². The van der Waals surface area contributed by atoms with E-state index in [4.69, 9.17) is 0 Å². The number of carbonyl (C=O) groups excluding carboxylic acids is 1. The van der Waals surface area contributed by atoms with E-state index in [0.717, 1.165) is 32.1 Å². The molecule has 2 heteroatoms. The Morgan fingerprint density at radius 2 is 2.10 bits per heavy atom. The van der Waals surface area contributed by atoms with Gasteiger partial charge in [0, 0.05) is 11.8 Å². The fourth-order valence-corrected chi connectivity index (χ4v) is 5.74. The average molecular weight is 284 g/mol. The number of ketones is 1. The number of phenolic OH excluding ortho intramolecular Hbond substituents is 1. The zero-order valence-corrected chi connectivity index (χ0v) is 12.9. The lowest BCUT2D eigenvalue weighted by molar-refractivity contribution is -0.129. The molecule has 2 nitrogen and oxygen atoms in total. The number of hydrogen-bond acceptors (Lipinski definition) is 2. The van der Waals surface area contributed by atoms with E-state index < -0.39 is 0 Å². The van der Waals surface area contributed by atoms with Gasteiger partial charge in [0.15, 0.2) is 0 Å². The summed E-state index contributed by atoms with van der Waals surface area (Å²) >= 11 is 0. The van der Waals surface area contributed by atoms with Crippen molar-refractivity contribution in [3.8, 4) is 5.75 Å². The van der Waals surface area contributed by atoms with Crippen LogP contribution in [-0.2, 0) is 11.2 Å². The van der Waals surface area contributed by atoms with Crippen molar-refractivity contribution >= 4 is 5.78 Å². The second-order valence-electron chi connectivity index (χ2n) is 7.77. The zero-order valence-electron chi connectivity index (χ0n) is 12.9. The molecule has 0 heterocycles. The molecule has 1 N–H and O–H groups in total. The Kier molecular flexibility index (Phi) is 2.76. The van der Waals surface area contributed by atoms with Crippen LogP contribution in [0.5, 0.6) is 5.75 Å². The summed E-state index contributed by atoms with van der Waals surface area (Å²) in [5.41, 5.74) is 2.72. The Bertz CT molecular complexity index is 606. The highest BCUT2D eigenvalue weighted by molar-refractivity contribution is 5.87. The van der Waals surface area contributed by atoms with Gasteiger partial charge in [0.1, 0.15) is 11.5 Å². The Balaban J connectivity index is 1.77. The van der Waals surface area contributed by atoms with Crippen molar-refractivity contribution in [1.82, 2.24) is 0 Å². The number of fused-ring (bicyclic) bond motifs is 5. The maximum absolute atomic E-state index is 12.4. The predicted octanol–water partition coefficient (Wildman–Crippen LogP) is 4.06. The molecule has 0 aliphatic heterocycles. The van der Waals surface area contributed by atoms with Crippen molar-refractivity contribution in [2.24, 2.45) is 23.2 Å². The van der Waals surface area contributed by atoms with E-state index in [0.29, 0.717) is 35.2 Å². The second-order valence-corrected chi connectivity index (χ2v) is 7.77. The molecule has 5 atom stereocenters. The highest BCUT2D eigenvalue weighted by atomic mass is 16.3. The third kappa shape index (κ3) is 1.74. The summed E-state index contributed by atoms with van der Waals surface area (Å²) in [4.78, 5) is 12.4. The molecule has 0 spiro atoms. The molecule has 1 unspecified atom stereocenters. The number of aromatic hydroxyl groups is 1. The molecule has 3 aliphatic rings. The molecule has 1 aromatic rings. The minimum Gasteiger partial charge on any atom is -0.508 e. The van der Waals surface area contributed by atoms with Gasteiger partial charge in [-0.15, -0.1) is 0 Å². The van der Waals surface area contributed by atoms with Gasteiger partial charge in [-0.1, -0.05) is 19.9 Å². The SMILES string of the molecule is CC1Cc2cc(O)ccc2[C@@H]2CC[C@@]3(C)C(=O)CC[C@@H]3[C@@H]12. The Morgan fingerprint density at radius 3 is 2.90 bits per heavy atom. The molecule has 2 saturated carbocycles. The van der Waals surface area contributed by atoms with E-state index in [-0.39, 0.29) is 5.41 Å². The van der Waals surface area contributed by atoms with Gasteiger partial charge in [0.25, 0.3) is 0 Å². The quantitative estimate of drug-likeness (QED) is 0.780. The minimum absolute atomic E-state index is 0.0517. The van der Waals surface area contributed by atoms with Gasteiger partial charge >= 0.3 is 0 Å². The van der Waals surface area contributed by atoms with Crippen LogP contribution in [0.15, 0.2) is 18.2 Å². The highest BCUT2D eigenvalue weighted by Gasteiger charge is 2.56. The molecule has 3 aliphatic carbocycles. The lowest BCUT2D eigenvalue weighted by Crippen LogP contribution is -2.45. The first-order valence-corrected chi connectivity index (χ1v) is 8.36. The summed E-state index contributed by atoms with van der Waals surface area (Å²) in [5, 5.41) is 9.75. The Morgan fingerprint density at radius 1 is 1.29 bits per heavy atom. The summed E-state index contributed by atoms with van der Waals surface area (Å²) in [7, 11) is 0. The third-order valence-electron chi connectivity index (χ3n) is 6.77. The van der Waals surface area contributed by atoms with Gasteiger partial charge in [0.05, 0.1) is 0 Å². The summed E-state index contributed by atoms with van der Waals surface area (Å²) in [5.74, 6) is 3.31.